The van der Waals surface area contributed by atoms with E-state index >= 15 is 0 Å². The molecule has 0 heterocycles. The Balaban J connectivity index is 3.15. The molecule has 16 heavy (non-hydrogen) atoms. The van der Waals surface area contributed by atoms with Crippen molar-refractivity contribution < 1.29 is 9.66 Å². The Kier molecular flexibility index (Phi) is 4.80. The topological polar surface area (TPSA) is 52.4 Å². The highest BCUT2D eigenvalue weighted by Crippen LogP contribution is 2.23. The third kappa shape index (κ3) is 3.24. The van der Waals surface area contributed by atoms with Crippen molar-refractivity contribution in [2.45, 2.75) is 6.92 Å². The maximum absolute atomic E-state index is 10.6. The van der Waals surface area contributed by atoms with Gasteiger partial charge in [0.1, 0.15) is 5.75 Å². The van der Waals surface area contributed by atoms with Crippen molar-refractivity contribution in [1.29, 1.82) is 0 Å². The standard InChI is InChI=1S/C11H10BrNO3/c1-2-16-11-6-5-10(13(14)15)8-9(11)4-3-7-12/h5-6,8H,2,7H2,1H3. The van der Waals surface area contributed by atoms with E-state index in [9.17, 15) is 10.1 Å². The Bertz CT molecular complexity index is 448. The highest BCUT2D eigenvalue weighted by atomic mass is 79.9. The number of nitro groups is 1. The smallest absolute Gasteiger partial charge is 0.270 e. The molecule has 0 saturated heterocycles. The average Bonchev–Trinajstić information content (AvgIpc) is 2.27. The van der Waals surface area contributed by atoms with E-state index in [0.29, 0.717) is 23.2 Å². The van der Waals surface area contributed by atoms with Crippen LogP contribution in [0.1, 0.15) is 12.5 Å². The van der Waals surface area contributed by atoms with Crippen LogP contribution in [-0.2, 0) is 0 Å². The third-order valence-corrected chi connectivity index (χ3v) is 2.04. The molecule has 0 aliphatic heterocycles. The zero-order valence-corrected chi connectivity index (χ0v) is 10.3. The van der Waals surface area contributed by atoms with Gasteiger partial charge in [0.15, 0.2) is 0 Å². The molecular weight excluding hydrogens is 274 g/mol. The number of rotatable bonds is 3. The van der Waals surface area contributed by atoms with Gasteiger partial charge in [0.05, 0.1) is 22.4 Å². The summed E-state index contributed by atoms with van der Waals surface area (Å²) in [6.45, 7) is 2.35. The van der Waals surface area contributed by atoms with Gasteiger partial charge in [-0.1, -0.05) is 27.8 Å². The van der Waals surface area contributed by atoms with Gasteiger partial charge in [0.25, 0.3) is 5.69 Å². The van der Waals surface area contributed by atoms with E-state index in [0.717, 1.165) is 0 Å². The molecule has 0 spiro atoms. The lowest BCUT2D eigenvalue weighted by Crippen LogP contribution is -1.96. The van der Waals surface area contributed by atoms with E-state index in [2.05, 4.69) is 27.8 Å². The van der Waals surface area contributed by atoms with Gasteiger partial charge in [-0.3, -0.25) is 10.1 Å². The summed E-state index contributed by atoms with van der Waals surface area (Å²) in [5, 5.41) is 11.1. The summed E-state index contributed by atoms with van der Waals surface area (Å²) in [5.74, 6) is 6.18. The van der Waals surface area contributed by atoms with Crippen LogP contribution in [0.15, 0.2) is 18.2 Å². The summed E-state index contributed by atoms with van der Waals surface area (Å²) >= 11 is 3.17. The molecule has 0 bridgehead atoms. The Morgan fingerprint density at radius 1 is 1.56 bits per heavy atom. The van der Waals surface area contributed by atoms with E-state index in [4.69, 9.17) is 4.74 Å². The monoisotopic (exact) mass is 283 g/mol. The highest BCUT2D eigenvalue weighted by Gasteiger charge is 2.09. The number of nitro benzene ring substituents is 1. The molecule has 0 atom stereocenters. The first-order valence-electron chi connectivity index (χ1n) is 4.65. The van der Waals surface area contributed by atoms with Gasteiger partial charge in [0.2, 0.25) is 0 Å². The molecule has 5 heteroatoms. The molecule has 4 nitrogen and oxygen atoms in total. The van der Waals surface area contributed by atoms with Crippen molar-refractivity contribution in [3.05, 3.63) is 33.9 Å². The molecule has 0 aromatic heterocycles. The lowest BCUT2D eigenvalue weighted by Gasteiger charge is -2.04. The summed E-state index contributed by atoms with van der Waals surface area (Å²) in [5.41, 5.74) is 0.554. The zero-order valence-electron chi connectivity index (χ0n) is 8.70. The minimum atomic E-state index is -0.449. The SMILES string of the molecule is CCOc1ccc([N+](=O)[O-])cc1C#CCBr. The van der Waals surface area contributed by atoms with Crippen LogP contribution in [0.25, 0.3) is 0 Å². The predicted molar refractivity (Wildman–Crippen MR) is 64.9 cm³/mol. The summed E-state index contributed by atoms with van der Waals surface area (Å²) in [4.78, 5) is 10.2. The molecule has 0 amide bonds. The van der Waals surface area contributed by atoms with E-state index in [1.807, 2.05) is 6.92 Å². The third-order valence-electron chi connectivity index (χ3n) is 1.76. The van der Waals surface area contributed by atoms with E-state index < -0.39 is 4.92 Å². The molecule has 0 aliphatic carbocycles. The minimum Gasteiger partial charge on any atom is -0.493 e. The molecule has 0 unspecified atom stereocenters. The first kappa shape index (κ1) is 12.5. The molecule has 0 radical (unpaired) electrons. The molecule has 0 saturated carbocycles. The summed E-state index contributed by atoms with van der Waals surface area (Å²) in [6.07, 6.45) is 0. The molecule has 0 aliphatic rings. The minimum absolute atomic E-state index is 0.0160. The fraction of sp³-hybridized carbons (Fsp3) is 0.273. The zero-order chi connectivity index (χ0) is 12.0. The van der Waals surface area contributed by atoms with Crippen molar-refractivity contribution in [3.8, 4) is 17.6 Å². The lowest BCUT2D eigenvalue weighted by atomic mass is 10.2. The second kappa shape index (κ2) is 6.13. The van der Waals surface area contributed by atoms with Gasteiger partial charge in [0, 0.05) is 12.1 Å². The van der Waals surface area contributed by atoms with E-state index in [1.165, 1.54) is 12.1 Å². The Morgan fingerprint density at radius 2 is 2.31 bits per heavy atom. The van der Waals surface area contributed by atoms with Crippen LogP contribution in [0.4, 0.5) is 5.69 Å². The van der Waals surface area contributed by atoms with Crippen molar-refractivity contribution >= 4 is 21.6 Å². The summed E-state index contributed by atoms with van der Waals surface area (Å²) in [6, 6.07) is 4.39. The van der Waals surface area contributed by atoms with E-state index in [1.54, 1.807) is 6.07 Å². The predicted octanol–water partition coefficient (Wildman–Crippen LogP) is 2.74. The van der Waals surface area contributed by atoms with Crippen LogP contribution in [0, 0.1) is 22.0 Å². The molecule has 1 aromatic rings. The molecule has 1 aromatic carbocycles. The Labute approximate surface area is 102 Å². The van der Waals surface area contributed by atoms with Crippen LogP contribution < -0.4 is 4.74 Å². The maximum Gasteiger partial charge on any atom is 0.270 e. The number of non-ortho nitro benzene ring substituents is 1. The molecular formula is C11H10BrNO3. The number of benzene rings is 1. The van der Waals surface area contributed by atoms with Gasteiger partial charge < -0.3 is 4.74 Å². The van der Waals surface area contributed by atoms with Gasteiger partial charge in [-0.05, 0) is 13.0 Å². The molecule has 0 fully saturated rings. The van der Waals surface area contributed by atoms with Crippen LogP contribution in [0.2, 0.25) is 0 Å². The van der Waals surface area contributed by atoms with Crippen molar-refractivity contribution in [3.63, 3.8) is 0 Å². The lowest BCUT2D eigenvalue weighted by molar-refractivity contribution is -0.384. The fourth-order valence-corrected chi connectivity index (χ4v) is 1.28. The second-order valence-corrected chi connectivity index (χ2v) is 3.37. The van der Waals surface area contributed by atoms with Crippen molar-refractivity contribution in [2.24, 2.45) is 0 Å². The van der Waals surface area contributed by atoms with Crippen LogP contribution in [0.3, 0.4) is 0 Å². The Morgan fingerprint density at radius 3 is 2.88 bits per heavy atom. The first-order valence-corrected chi connectivity index (χ1v) is 5.77. The summed E-state index contributed by atoms with van der Waals surface area (Å²) < 4.78 is 5.33. The highest BCUT2D eigenvalue weighted by molar-refractivity contribution is 9.09. The maximum atomic E-state index is 10.6. The van der Waals surface area contributed by atoms with Gasteiger partial charge in [-0.2, -0.15) is 0 Å². The Hall–Kier alpha value is -1.54. The number of nitrogens with zero attached hydrogens (tertiary/aromatic N) is 1. The van der Waals surface area contributed by atoms with Crippen LogP contribution in [0.5, 0.6) is 5.75 Å². The first-order chi connectivity index (χ1) is 7.69. The number of alkyl halides is 1. The van der Waals surface area contributed by atoms with E-state index in [-0.39, 0.29) is 5.69 Å². The summed E-state index contributed by atoms with van der Waals surface area (Å²) in [7, 11) is 0. The van der Waals surface area contributed by atoms with Crippen molar-refractivity contribution in [1.82, 2.24) is 0 Å². The average molecular weight is 284 g/mol. The number of ether oxygens (including phenoxy) is 1. The van der Waals surface area contributed by atoms with Crippen molar-refractivity contribution in [2.75, 3.05) is 11.9 Å². The van der Waals surface area contributed by atoms with Crippen LogP contribution in [-0.4, -0.2) is 16.9 Å². The second-order valence-electron chi connectivity index (χ2n) is 2.81. The normalized spacial score (nSPS) is 9.12. The fourth-order valence-electron chi connectivity index (χ4n) is 1.14. The number of halogens is 1. The largest absolute Gasteiger partial charge is 0.493 e. The molecule has 0 N–H and O–H groups in total. The van der Waals surface area contributed by atoms with Gasteiger partial charge >= 0.3 is 0 Å². The van der Waals surface area contributed by atoms with Gasteiger partial charge in [-0.25, -0.2) is 0 Å². The van der Waals surface area contributed by atoms with Gasteiger partial charge in [-0.15, -0.1) is 0 Å². The molecule has 1 rings (SSSR count). The molecule has 84 valence electrons. The van der Waals surface area contributed by atoms with Crippen LogP contribution >= 0.6 is 15.9 Å². The quantitative estimate of drug-likeness (QED) is 0.371. The number of hydrogen-bond donors (Lipinski definition) is 0. The number of hydrogen-bond acceptors (Lipinski definition) is 3.